The normalized spacial score (nSPS) is 16.0. The molecule has 25 heavy (non-hydrogen) atoms. The van der Waals surface area contributed by atoms with Crippen molar-refractivity contribution in [2.24, 2.45) is 0 Å². The molecule has 1 amide bonds. The lowest BCUT2D eigenvalue weighted by molar-refractivity contribution is 0.102. The molecule has 1 heterocycles. The first-order valence-corrected chi connectivity index (χ1v) is 10.0. The third-order valence-corrected chi connectivity index (χ3v) is 6.45. The van der Waals surface area contributed by atoms with E-state index in [0.717, 1.165) is 5.56 Å². The second-order valence-electron chi connectivity index (χ2n) is 5.82. The predicted octanol–water partition coefficient (Wildman–Crippen LogP) is 4.09. The first-order chi connectivity index (χ1) is 11.8. The molecule has 0 bridgehead atoms. The number of carbonyl (C=O) groups is 1. The molecule has 0 aromatic heterocycles. The van der Waals surface area contributed by atoms with Gasteiger partial charge in [0, 0.05) is 17.3 Å². The van der Waals surface area contributed by atoms with E-state index in [9.17, 15) is 13.2 Å². The minimum atomic E-state index is -3.23. The summed E-state index contributed by atoms with van der Waals surface area (Å²) in [5.74, 6) is -0.213. The third-order valence-electron chi connectivity index (χ3n) is 4.02. The van der Waals surface area contributed by atoms with E-state index in [-0.39, 0.29) is 17.2 Å². The van der Waals surface area contributed by atoms with Gasteiger partial charge in [-0.05, 0) is 55.3 Å². The number of carbonyl (C=O) groups excluding carboxylic acids is 1. The number of nitrogens with zero attached hydrogens (tertiary/aromatic N) is 1. The van der Waals surface area contributed by atoms with Crippen LogP contribution in [0.25, 0.3) is 0 Å². The highest BCUT2D eigenvalue weighted by atomic mass is 35.5. The van der Waals surface area contributed by atoms with Gasteiger partial charge in [0.15, 0.2) is 0 Å². The summed E-state index contributed by atoms with van der Waals surface area (Å²) in [6.45, 7) is 2.28. The Balaban J connectivity index is 1.84. The Morgan fingerprint density at radius 2 is 1.92 bits per heavy atom. The van der Waals surface area contributed by atoms with Crippen LogP contribution in [0.4, 0.5) is 11.4 Å². The Kier molecular flexibility index (Phi) is 4.95. The van der Waals surface area contributed by atoms with Crippen molar-refractivity contribution in [2.75, 3.05) is 21.9 Å². The molecule has 0 aliphatic carbocycles. The quantitative estimate of drug-likeness (QED) is 0.846. The molecular weight excluding hydrogens is 383 g/mol. The number of rotatable bonds is 3. The molecule has 0 spiro atoms. The number of sulfonamides is 1. The van der Waals surface area contributed by atoms with Crippen molar-refractivity contribution in [3.05, 3.63) is 57.6 Å². The van der Waals surface area contributed by atoms with Gasteiger partial charge in [0.25, 0.3) is 5.91 Å². The molecule has 1 aliphatic rings. The van der Waals surface area contributed by atoms with Crippen molar-refractivity contribution in [3.63, 3.8) is 0 Å². The second kappa shape index (κ2) is 6.86. The molecule has 0 saturated carbocycles. The SMILES string of the molecule is Cc1cc(N2CCCS2(=O)=O)ccc1NC(=O)c1cc(Cl)ccc1Cl. The Labute approximate surface area is 156 Å². The monoisotopic (exact) mass is 398 g/mol. The van der Waals surface area contributed by atoms with E-state index >= 15 is 0 Å². The molecule has 1 N–H and O–H groups in total. The average Bonchev–Trinajstić information content (AvgIpc) is 2.91. The number of halogens is 2. The van der Waals surface area contributed by atoms with Crippen LogP contribution in [0.5, 0.6) is 0 Å². The Bertz CT molecular complexity index is 945. The van der Waals surface area contributed by atoms with Crippen LogP contribution in [0.1, 0.15) is 22.3 Å². The minimum Gasteiger partial charge on any atom is -0.322 e. The molecule has 0 atom stereocenters. The molecule has 3 rings (SSSR count). The lowest BCUT2D eigenvalue weighted by atomic mass is 10.1. The highest BCUT2D eigenvalue weighted by Crippen LogP contribution is 2.29. The van der Waals surface area contributed by atoms with Crippen LogP contribution < -0.4 is 9.62 Å². The summed E-state index contributed by atoms with van der Waals surface area (Å²) in [6.07, 6.45) is 0.618. The van der Waals surface area contributed by atoms with E-state index in [1.165, 1.54) is 10.4 Å². The Morgan fingerprint density at radius 1 is 1.16 bits per heavy atom. The van der Waals surface area contributed by atoms with Gasteiger partial charge in [-0.2, -0.15) is 0 Å². The van der Waals surface area contributed by atoms with E-state index in [1.54, 1.807) is 37.3 Å². The smallest absolute Gasteiger partial charge is 0.257 e. The summed E-state index contributed by atoms with van der Waals surface area (Å²) in [6, 6.07) is 9.79. The van der Waals surface area contributed by atoms with Crippen molar-refractivity contribution in [1.82, 2.24) is 0 Å². The van der Waals surface area contributed by atoms with Crippen molar-refractivity contribution in [2.45, 2.75) is 13.3 Å². The van der Waals surface area contributed by atoms with Gasteiger partial charge in [-0.3, -0.25) is 9.10 Å². The Hall–Kier alpha value is -1.76. The summed E-state index contributed by atoms with van der Waals surface area (Å²) >= 11 is 12.0. The fourth-order valence-corrected chi connectivity index (χ4v) is 4.67. The molecular formula is C17H16Cl2N2O3S. The van der Waals surface area contributed by atoms with Gasteiger partial charge in [0.1, 0.15) is 0 Å². The molecule has 132 valence electrons. The van der Waals surface area contributed by atoms with E-state index in [2.05, 4.69) is 5.32 Å². The van der Waals surface area contributed by atoms with Crippen molar-refractivity contribution < 1.29 is 13.2 Å². The first-order valence-electron chi connectivity index (χ1n) is 7.65. The van der Waals surface area contributed by atoms with Crippen LogP contribution in [-0.2, 0) is 10.0 Å². The molecule has 8 heteroatoms. The van der Waals surface area contributed by atoms with Gasteiger partial charge in [0.2, 0.25) is 10.0 Å². The van der Waals surface area contributed by atoms with Gasteiger partial charge in [0.05, 0.1) is 22.0 Å². The van der Waals surface area contributed by atoms with Crippen LogP contribution in [0, 0.1) is 6.92 Å². The van der Waals surface area contributed by atoms with Gasteiger partial charge >= 0.3 is 0 Å². The molecule has 2 aromatic carbocycles. The second-order valence-corrected chi connectivity index (χ2v) is 8.68. The van der Waals surface area contributed by atoms with Crippen molar-refractivity contribution in [1.29, 1.82) is 0 Å². The maximum absolute atomic E-state index is 12.4. The first kappa shape index (κ1) is 18.0. The van der Waals surface area contributed by atoms with Gasteiger partial charge in [-0.1, -0.05) is 23.2 Å². The van der Waals surface area contributed by atoms with Crippen LogP contribution in [0.3, 0.4) is 0 Å². The van der Waals surface area contributed by atoms with Crippen LogP contribution in [-0.4, -0.2) is 26.6 Å². The molecule has 1 saturated heterocycles. The zero-order valence-corrected chi connectivity index (χ0v) is 15.7. The standard InChI is InChI=1S/C17H16Cl2N2O3S/c1-11-9-13(21-7-2-8-25(21,23)24)4-6-16(11)20-17(22)14-10-12(18)3-5-15(14)19/h3-6,9-10H,2,7-8H2,1H3,(H,20,22). The largest absolute Gasteiger partial charge is 0.322 e. The molecule has 5 nitrogen and oxygen atoms in total. The molecule has 0 unspecified atom stereocenters. The molecule has 1 aliphatic heterocycles. The van der Waals surface area contributed by atoms with E-state index in [0.29, 0.717) is 34.4 Å². The van der Waals surface area contributed by atoms with E-state index < -0.39 is 10.0 Å². The zero-order valence-electron chi connectivity index (χ0n) is 13.4. The van der Waals surface area contributed by atoms with Crippen molar-refractivity contribution >= 4 is 50.5 Å². The van der Waals surface area contributed by atoms with Gasteiger partial charge in [-0.15, -0.1) is 0 Å². The van der Waals surface area contributed by atoms with Gasteiger partial charge in [-0.25, -0.2) is 8.42 Å². The number of hydrogen-bond acceptors (Lipinski definition) is 3. The Morgan fingerprint density at radius 3 is 2.56 bits per heavy atom. The lowest BCUT2D eigenvalue weighted by Gasteiger charge is -2.18. The molecule has 1 fully saturated rings. The van der Waals surface area contributed by atoms with Crippen LogP contribution >= 0.6 is 23.2 Å². The maximum atomic E-state index is 12.4. The lowest BCUT2D eigenvalue weighted by Crippen LogP contribution is -2.25. The molecule has 0 radical (unpaired) electrons. The number of anilines is 2. The van der Waals surface area contributed by atoms with Gasteiger partial charge < -0.3 is 5.32 Å². The zero-order chi connectivity index (χ0) is 18.2. The summed E-state index contributed by atoms with van der Waals surface area (Å²) in [5, 5.41) is 3.51. The number of aryl methyl sites for hydroxylation is 1. The highest BCUT2D eigenvalue weighted by molar-refractivity contribution is 7.93. The minimum absolute atomic E-state index is 0.164. The number of hydrogen-bond donors (Lipinski definition) is 1. The summed E-state index contributed by atoms with van der Waals surface area (Å²) in [7, 11) is -3.23. The fourth-order valence-electron chi connectivity index (χ4n) is 2.73. The van der Waals surface area contributed by atoms with E-state index in [1.807, 2.05) is 0 Å². The van der Waals surface area contributed by atoms with Crippen molar-refractivity contribution in [3.8, 4) is 0 Å². The maximum Gasteiger partial charge on any atom is 0.257 e. The summed E-state index contributed by atoms with van der Waals surface area (Å²) in [5.41, 5.74) is 2.22. The average molecular weight is 399 g/mol. The number of amides is 1. The van der Waals surface area contributed by atoms with E-state index in [4.69, 9.17) is 23.2 Å². The number of nitrogens with one attached hydrogen (secondary N) is 1. The number of benzene rings is 2. The van der Waals surface area contributed by atoms with Crippen LogP contribution in [0.15, 0.2) is 36.4 Å². The topological polar surface area (TPSA) is 66.5 Å². The predicted molar refractivity (Wildman–Crippen MR) is 101 cm³/mol. The fraction of sp³-hybridized carbons (Fsp3) is 0.235. The van der Waals surface area contributed by atoms with Crippen LogP contribution in [0.2, 0.25) is 10.0 Å². The third kappa shape index (κ3) is 3.76. The molecule has 2 aromatic rings. The summed E-state index contributed by atoms with van der Waals surface area (Å²) in [4.78, 5) is 12.4. The highest BCUT2D eigenvalue weighted by Gasteiger charge is 2.28. The summed E-state index contributed by atoms with van der Waals surface area (Å²) < 4.78 is 25.4.